The number of para-hydroxylation sites is 2. The van der Waals surface area contributed by atoms with Gasteiger partial charge in [0.2, 0.25) is 11.8 Å². The zero-order valence-corrected chi connectivity index (χ0v) is 17.7. The van der Waals surface area contributed by atoms with Gasteiger partial charge in [-0.1, -0.05) is 30.3 Å². The van der Waals surface area contributed by atoms with Crippen molar-refractivity contribution in [3.05, 3.63) is 84.2 Å². The van der Waals surface area contributed by atoms with Crippen LogP contribution in [0.1, 0.15) is 18.9 Å². The van der Waals surface area contributed by atoms with E-state index in [0.717, 1.165) is 11.3 Å². The average Bonchev–Trinajstić information content (AvgIpc) is 2.91. The molecule has 32 heavy (non-hydrogen) atoms. The maximum atomic E-state index is 13.1. The molecule has 6 nitrogen and oxygen atoms in total. The van der Waals surface area contributed by atoms with Gasteiger partial charge in [-0.15, -0.1) is 0 Å². The molecule has 0 aliphatic carbocycles. The summed E-state index contributed by atoms with van der Waals surface area (Å²) in [6.45, 7) is 2.24. The van der Waals surface area contributed by atoms with E-state index in [0.29, 0.717) is 23.7 Å². The van der Waals surface area contributed by atoms with Gasteiger partial charge in [0, 0.05) is 24.2 Å². The van der Waals surface area contributed by atoms with E-state index in [-0.39, 0.29) is 36.6 Å². The Morgan fingerprint density at radius 2 is 1.91 bits per heavy atom. The molecule has 2 amide bonds. The highest BCUT2D eigenvalue weighted by molar-refractivity contribution is 6.05. The van der Waals surface area contributed by atoms with Crippen molar-refractivity contribution in [1.82, 2.24) is 0 Å². The van der Waals surface area contributed by atoms with Gasteiger partial charge >= 0.3 is 0 Å². The summed E-state index contributed by atoms with van der Waals surface area (Å²) in [4.78, 5) is 26.9. The Morgan fingerprint density at radius 1 is 1.12 bits per heavy atom. The van der Waals surface area contributed by atoms with Crippen molar-refractivity contribution in [2.24, 2.45) is 0 Å². The maximum Gasteiger partial charge on any atom is 0.246 e. The molecule has 0 spiro atoms. The molecule has 164 valence electrons. The molecule has 0 radical (unpaired) electrons. The molecule has 0 aromatic heterocycles. The first kappa shape index (κ1) is 21.4. The molecular formula is C25H24FN3O3. The standard InChI is InChI=1S/C25H24FN3O3/c1-17-13-24(30)28-22-7-2-3-8-23(22)29(17)25(31)15-27-20-5-4-6-21(14-20)32-16-18-9-11-19(26)12-10-18/h2-12,14,17,27H,13,15-16H2,1H3,(H,28,30)/t17-/m1/s1. The Morgan fingerprint density at radius 3 is 2.72 bits per heavy atom. The highest BCUT2D eigenvalue weighted by Crippen LogP contribution is 2.31. The molecular weight excluding hydrogens is 409 g/mol. The van der Waals surface area contributed by atoms with E-state index in [1.807, 2.05) is 49.4 Å². The second-order valence-corrected chi connectivity index (χ2v) is 7.68. The average molecular weight is 433 g/mol. The number of amides is 2. The molecule has 3 aromatic carbocycles. The molecule has 1 aliphatic rings. The summed E-state index contributed by atoms with van der Waals surface area (Å²) >= 11 is 0. The van der Waals surface area contributed by atoms with Gasteiger partial charge < -0.3 is 20.3 Å². The summed E-state index contributed by atoms with van der Waals surface area (Å²) in [5, 5.41) is 6.00. The number of carbonyl (C=O) groups is 2. The Kier molecular flexibility index (Phi) is 6.35. The van der Waals surface area contributed by atoms with E-state index in [1.165, 1.54) is 12.1 Å². The van der Waals surface area contributed by atoms with Crippen LogP contribution in [-0.2, 0) is 16.2 Å². The van der Waals surface area contributed by atoms with Crippen molar-refractivity contribution in [2.75, 3.05) is 22.1 Å². The van der Waals surface area contributed by atoms with Crippen LogP contribution in [0.5, 0.6) is 5.75 Å². The van der Waals surface area contributed by atoms with Crippen molar-refractivity contribution < 1.29 is 18.7 Å². The minimum Gasteiger partial charge on any atom is -0.489 e. The Bertz CT molecular complexity index is 1120. The fraction of sp³-hybridized carbons (Fsp3) is 0.200. The number of hydrogen-bond acceptors (Lipinski definition) is 4. The second-order valence-electron chi connectivity index (χ2n) is 7.68. The summed E-state index contributed by atoms with van der Waals surface area (Å²) in [7, 11) is 0. The third kappa shape index (κ3) is 5.06. The third-order valence-electron chi connectivity index (χ3n) is 5.22. The lowest BCUT2D eigenvalue weighted by Gasteiger charge is -2.28. The van der Waals surface area contributed by atoms with Crippen molar-refractivity contribution in [1.29, 1.82) is 0 Å². The first-order chi connectivity index (χ1) is 15.5. The number of anilines is 3. The smallest absolute Gasteiger partial charge is 0.246 e. The number of fused-ring (bicyclic) bond motifs is 1. The number of benzene rings is 3. The van der Waals surface area contributed by atoms with Gasteiger partial charge in [0.05, 0.1) is 17.9 Å². The SMILES string of the molecule is C[C@@H]1CC(=O)Nc2ccccc2N1C(=O)CNc1cccc(OCc2ccc(F)cc2)c1. The van der Waals surface area contributed by atoms with Crippen molar-refractivity contribution in [3.63, 3.8) is 0 Å². The lowest BCUT2D eigenvalue weighted by atomic mass is 10.1. The molecule has 4 rings (SSSR count). The molecule has 0 fully saturated rings. The lowest BCUT2D eigenvalue weighted by Crippen LogP contribution is -2.42. The highest BCUT2D eigenvalue weighted by Gasteiger charge is 2.29. The van der Waals surface area contributed by atoms with Crippen LogP contribution in [0.2, 0.25) is 0 Å². The Balaban J connectivity index is 1.41. The van der Waals surface area contributed by atoms with Crippen LogP contribution in [0.25, 0.3) is 0 Å². The van der Waals surface area contributed by atoms with Gasteiger partial charge in [0.25, 0.3) is 0 Å². The predicted molar refractivity (Wildman–Crippen MR) is 122 cm³/mol. The molecule has 7 heteroatoms. The van der Waals surface area contributed by atoms with Gasteiger partial charge in [-0.2, -0.15) is 0 Å². The number of hydrogen-bond donors (Lipinski definition) is 2. The fourth-order valence-corrected chi connectivity index (χ4v) is 3.67. The minimum atomic E-state index is -0.286. The van der Waals surface area contributed by atoms with E-state index < -0.39 is 0 Å². The Hall–Kier alpha value is -3.87. The predicted octanol–water partition coefficient (Wildman–Crippen LogP) is 4.58. The van der Waals surface area contributed by atoms with Gasteiger partial charge in [0.15, 0.2) is 0 Å². The van der Waals surface area contributed by atoms with Crippen LogP contribution in [0.15, 0.2) is 72.8 Å². The van der Waals surface area contributed by atoms with E-state index in [9.17, 15) is 14.0 Å². The number of ether oxygens (including phenoxy) is 1. The summed E-state index contributed by atoms with van der Waals surface area (Å²) < 4.78 is 18.8. The monoisotopic (exact) mass is 433 g/mol. The molecule has 1 aliphatic heterocycles. The van der Waals surface area contributed by atoms with Crippen LogP contribution >= 0.6 is 0 Å². The van der Waals surface area contributed by atoms with Crippen LogP contribution in [-0.4, -0.2) is 24.4 Å². The summed E-state index contributed by atoms with van der Waals surface area (Å²) in [5.41, 5.74) is 2.91. The quantitative estimate of drug-likeness (QED) is 0.597. The second kappa shape index (κ2) is 9.51. The molecule has 1 atom stereocenters. The van der Waals surface area contributed by atoms with Gasteiger partial charge in [-0.25, -0.2) is 4.39 Å². The first-order valence-electron chi connectivity index (χ1n) is 10.4. The van der Waals surface area contributed by atoms with Crippen LogP contribution in [0.3, 0.4) is 0 Å². The van der Waals surface area contributed by atoms with E-state index in [4.69, 9.17) is 4.74 Å². The van der Waals surface area contributed by atoms with E-state index >= 15 is 0 Å². The van der Waals surface area contributed by atoms with Crippen LogP contribution < -0.4 is 20.3 Å². The third-order valence-corrected chi connectivity index (χ3v) is 5.22. The van der Waals surface area contributed by atoms with Crippen LogP contribution in [0, 0.1) is 5.82 Å². The minimum absolute atomic E-state index is 0.0638. The summed E-state index contributed by atoms with van der Waals surface area (Å²) in [6.07, 6.45) is 0.229. The zero-order chi connectivity index (χ0) is 22.5. The van der Waals surface area contributed by atoms with Gasteiger partial charge in [-0.05, 0) is 48.9 Å². The largest absolute Gasteiger partial charge is 0.489 e. The maximum absolute atomic E-state index is 13.1. The fourth-order valence-electron chi connectivity index (χ4n) is 3.67. The molecule has 0 saturated heterocycles. The Labute approximate surface area is 186 Å². The summed E-state index contributed by atoms with van der Waals surface area (Å²) in [6, 6.07) is 20.5. The van der Waals surface area contributed by atoms with Crippen molar-refractivity contribution >= 4 is 28.9 Å². The number of halogens is 1. The van der Waals surface area contributed by atoms with E-state index in [2.05, 4.69) is 10.6 Å². The normalized spacial score (nSPS) is 15.4. The van der Waals surface area contributed by atoms with Gasteiger partial charge in [0.1, 0.15) is 18.2 Å². The molecule has 0 bridgehead atoms. The molecule has 1 heterocycles. The summed E-state index contributed by atoms with van der Waals surface area (Å²) in [5.74, 6) is 0.0967. The molecule has 3 aromatic rings. The number of nitrogens with zero attached hydrogens (tertiary/aromatic N) is 1. The highest BCUT2D eigenvalue weighted by atomic mass is 19.1. The van der Waals surface area contributed by atoms with E-state index in [1.54, 1.807) is 23.1 Å². The van der Waals surface area contributed by atoms with Crippen molar-refractivity contribution in [3.8, 4) is 5.75 Å². The van der Waals surface area contributed by atoms with Crippen LogP contribution in [0.4, 0.5) is 21.5 Å². The number of rotatable bonds is 6. The molecule has 0 saturated carbocycles. The molecule has 0 unspecified atom stereocenters. The van der Waals surface area contributed by atoms with Crippen molar-refractivity contribution in [2.45, 2.75) is 26.0 Å². The number of carbonyl (C=O) groups excluding carboxylic acids is 2. The topological polar surface area (TPSA) is 70.7 Å². The molecule has 2 N–H and O–H groups in total. The number of nitrogens with one attached hydrogen (secondary N) is 2. The lowest BCUT2D eigenvalue weighted by molar-refractivity contribution is -0.118. The first-order valence-corrected chi connectivity index (χ1v) is 10.4. The zero-order valence-electron chi connectivity index (χ0n) is 17.7. The van der Waals surface area contributed by atoms with Gasteiger partial charge in [-0.3, -0.25) is 9.59 Å².